The van der Waals surface area contributed by atoms with Crippen molar-refractivity contribution in [2.75, 3.05) is 19.0 Å². The van der Waals surface area contributed by atoms with Gasteiger partial charge in [0.2, 0.25) is 0 Å². The molecule has 2 aromatic heterocycles. The van der Waals surface area contributed by atoms with Crippen molar-refractivity contribution < 1.29 is 0 Å². The topological polar surface area (TPSA) is 29.0 Å². The van der Waals surface area contributed by atoms with Gasteiger partial charge in [-0.3, -0.25) is 4.98 Å². The Labute approximate surface area is 159 Å². The molecule has 0 aliphatic heterocycles. The fourth-order valence-corrected chi connectivity index (χ4v) is 3.31. The molecule has 26 heavy (non-hydrogen) atoms. The van der Waals surface area contributed by atoms with E-state index in [0.717, 1.165) is 35.7 Å². The standard InChI is InChI=1S/C23H35N3/c1-9-16(5)13-18-14-17(6)22(25-23(18)26(7)8)19-11-12-21(15(3)4)24-20(19)10-2/h11-12,14-16H,9-10,13H2,1-8H3/t16-/m1/s1. The highest BCUT2D eigenvalue weighted by Gasteiger charge is 2.17. The van der Waals surface area contributed by atoms with Crippen LogP contribution in [-0.4, -0.2) is 24.1 Å². The molecule has 0 aliphatic rings. The molecule has 0 amide bonds. The third-order valence-corrected chi connectivity index (χ3v) is 5.14. The van der Waals surface area contributed by atoms with Gasteiger partial charge in [-0.1, -0.05) is 47.1 Å². The maximum atomic E-state index is 5.10. The van der Waals surface area contributed by atoms with Crippen LogP contribution in [0.4, 0.5) is 5.82 Å². The van der Waals surface area contributed by atoms with E-state index in [1.807, 2.05) is 0 Å². The van der Waals surface area contributed by atoms with Crippen molar-refractivity contribution in [3.63, 3.8) is 0 Å². The second kappa shape index (κ2) is 8.66. The Morgan fingerprint density at radius 1 is 1.04 bits per heavy atom. The van der Waals surface area contributed by atoms with E-state index < -0.39 is 0 Å². The summed E-state index contributed by atoms with van der Waals surface area (Å²) in [5, 5.41) is 0. The van der Waals surface area contributed by atoms with E-state index in [0.29, 0.717) is 11.8 Å². The zero-order valence-electron chi connectivity index (χ0n) is 17.8. The number of anilines is 1. The summed E-state index contributed by atoms with van der Waals surface area (Å²) in [6.07, 6.45) is 3.18. The molecule has 0 unspecified atom stereocenters. The average molecular weight is 354 g/mol. The van der Waals surface area contributed by atoms with Crippen LogP contribution < -0.4 is 4.90 Å². The van der Waals surface area contributed by atoms with Gasteiger partial charge in [0.15, 0.2) is 0 Å². The maximum Gasteiger partial charge on any atom is 0.131 e. The van der Waals surface area contributed by atoms with Gasteiger partial charge >= 0.3 is 0 Å². The van der Waals surface area contributed by atoms with Gasteiger partial charge in [0, 0.05) is 31.0 Å². The molecule has 0 spiro atoms. The molecule has 2 heterocycles. The van der Waals surface area contributed by atoms with Crippen LogP contribution in [0.5, 0.6) is 0 Å². The summed E-state index contributed by atoms with van der Waals surface area (Å²) >= 11 is 0. The molecule has 0 N–H and O–H groups in total. The molecule has 0 fully saturated rings. The van der Waals surface area contributed by atoms with Crippen molar-refractivity contribution in [3.05, 3.63) is 40.7 Å². The van der Waals surface area contributed by atoms with Gasteiger partial charge in [-0.2, -0.15) is 0 Å². The minimum absolute atomic E-state index is 0.443. The summed E-state index contributed by atoms with van der Waals surface area (Å²) < 4.78 is 0. The number of aromatic nitrogens is 2. The monoisotopic (exact) mass is 353 g/mol. The van der Waals surface area contributed by atoms with Crippen molar-refractivity contribution in [3.8, 4) is 11.3 Å². The van der Waals surface area contributed by atoms with Crippen LogP contribution in [0, 0.1) is 12.8 Å². The second-order valence-corrected chi connectivity index (χ2v) is 7.99. The van der Waals surface area contributed by atoms with Gasteiger partial charge in [0.1, 0.15) is 5.82 Å². The lowest BCUT2D eigenvalue weighted by molar-refractivity contribution is 0.559. The van der Waals surface area contributed by atoms with E-state index >= 15 is 0 Å². The van der Waals surface area contributed by atoms with E-state index in [1.54, 1.807) is 0 Å². The molecular weight excluding hydrogens is 318 g/mol. The number of aryl methyl sites for hydroxylation is 2. The normalized spacial score (nSPS) is 12.5. The average Bonchev–Trinajstić information content (AvgIpc) is 2.60. The summed E-state index contributed by atoms with van der Waals surface area (Å²) in [5.74, 6) is 2.19. The molecule has 2 rings (SSSR count). The number of nitrogens with zero attached hydrogens (tertiary/aromatic N) is 3. The van der Waals surface area contributed by atoms with E-state index in [9.17, 15) is 0 Å². The molecule has 3 heteroatoms. The van der Waals surface area contributed by atoms with Gasteiger partial charge in [-0.25, -0.2) is 4.98 Å². The lowest BCUT2D eigenvalue weighted by Crippen LogP contribution is -2.16. The zero-order valence-corrected chi connectivity index (χ0v) is 17.8. The lowest BCUT2D eigenvalue weighted by Gasteiger charge is -2.22. The highest BCUT2D eigenvalue weighted by atomic mass is 15.1. The van der Waals surface area contributed by atoms with Crippen molar-refractivity contribution in [2.24, 2.45) is 5.92 Å². The van der Waals surface area contributed by atoms with Gasteiger partial charge in [0.05, 0.1) is 5.69 Å². The number of pyridine rings is 2. The summed E-state index contributed by atoms with van der Waals surface area (Å²) in [5.41, 5.74) is 7.13. The molecule has 1 atom stereocenters. The smallest absolute Gasteiger partial charge is 0.131 e. The largest absolute Gasteiger partial charge is 0.362 e. The first-order valence-electron chi connectivity index (χ1n) is 9.96. The molecule has 0 radical (unpaired) electrons. The molecule has 2 aromatic rings. The Kier molecular flexibility index (Phi) is 6.80. The Balaban J connectivity index is 2.58. The van der Waals surface area contributed by atoms with E-state index in [-0.39, 0.29) is 0 Å². The predicted octanol–water partition coefficient (Wildman–Crippen LogP) is 5.79. The Hall–Kier alpha value is -1.90. The van der Waals surface area contributed by atoms with Crippen LogP contribution in [-0.2, 0) is 12.8 Å². The Bertz CT molecular complexity index is 747. The number of hydrogen-bond donors (Lipinski definition) is 0. The van der Waals surface area contributed by atoms with Crippen molar-refractivity contribution in [2.45, 2.75) is 66.7 Å². The van der Waals surface area contributed by atoms with Crippen LogP contribution in [0.25, 0.3) is 11.3 Å². The minimum atomic E-state index is 0.443. The fraction of sp³-hybridized carbons (Fsp3) is 0.565. The molecule has 0 bridgehead atoms. The molecule has 0 aliphatic carbocycles. The molecule has 0 aromatic carbocycles. The third-order valence-electron chi connectivity index (χ3n) is 5.14. The van der Waals surface area contributed by atoms with E-state index in [2.05, 4.69) is 78.7 Å². The van der Waals surface area contributed by atoms with E-state index in [4.69, 9.17) is 9.97 Å². The van der Waals surface area contributed by atoms with Gasteiger partial charge in [-0.05, 0) is 54.9 Å². The van der Waals surface area contributed by atoms with Crippen LogP contribution in [0.3, 0.4) is 0 Å². The minimum Gasteiger partial charge on any atom is -0.362 e. The highest BCUT2D eigenvalue weighted by Crippen LogP contribution is 2.31. The second-order valence-electron chi connectivity index (χ2n) is 7.99. The summed E-state index contributed by atoms with van der Waals surface area (Å²) in [4.78, 5) is 12.2. The summed E-state index contributed by atoms with van der Waals surface area (Å²) in [7, 11) is 4.17. The van der Waals surface area contributed by atoms with Crippen LogP contribution in [0.2, 0.25) is 0 Å². The van der Waals surface area contributed by atoms with Gasteiger partial charge in [-0.15, -0.1) is 0 Å². The predicted molar refractivity (Wildman–Crippen MR) is 113 cm³/mol. The molecule has 0 saturated carbocycles. The SMILES string of the molecule is CCc1nc(C(C)C)ccc1-c1nc(N(C)C)c(C[C@H](C)CC)cc1C. The zero-order chi connectivity index (χ0) is 19.4. The van der Waals surface area contributed by atoms with Crippen molar-refractivity contribution in [1.29, 1.82) is 0 Å². The number of rotatable bonds is 7. The highest BCUT2D eigenvalue weighted by molar-refractivity contribution is 5.69. The fourth-order valence-electron chi connectivity index (χ4n) is 3.31. The lowest BCUT2D eigenvalue weighted by atomic mass is 9.95. The first-order valence-corrected chi connectivity index (χ1v) is 9.96. The molecule has 3 nitrogen and oxygen atoms in total. The third kappa shape index (κ3) is 4.44. The molecule has 0 saturated heterocycles. The van der Waals surface area contributed by atoms with Crippen LogP contribution >= 0.6 is 0 Å². The number of hydrogen-bond acceptors (Lipinski definition) is 3. The maximum absolute atomic E-state index is 5.10. The Morgan fingerprint density at radius 3 is 2.27 bits per heavy atom. The Morgan fingerprint density at radius 2 is 1.73 bits per heavy atom. The summed E-state index contributed by atoms with van der Waals surface area (Å²) in [6.45, 7) is 13.3. The van der Waals surface area contributed by atoms with Crippen LogP contribution in [0.15, 0.2) is 18.2 Å². The first kappa shape index (κ1) is 20.4. The van der Waals surface area contributed by atoms with Crippen molar-refractivity contribution >= 4 is 5.82 Å². The first-order chi connectivity index (χ1) is 12.3. The van der Waals surface area contributed by atoms with Gasteiger partial charge in [0.25, 0.3) is 0 Å². The van der Waals surface area contributed by atoms with Gasteiger partial charge < -0.3 is 4.90 Å². The molecule has 142 valence electrons. The van der Waals surface area contributed by atoms with Crippen LogP contribution in [0.1, 0.15) is 69.5 Å². The van der Waals surface area contributed by atoms with Crippen molar-refractivity contribution in [1.82, 2.24) is 9.97 Å². The van der Waals surface area contributed by atoms with E-state index in [1.165, 1.54) is 23.1 Å². The summed E-state index contributed by atoms with van der Waals surface area (Å²) in [6, 6.07) is 6.70. The quantitative estimate of drug-likeness (QED) is 0.630. The molecular formula is C23H35N3.